The van der Waals surface area contributed by atoms with E-state index in [1.54, 1.807) is 11.8 Å². The van der Waals surface area contributed by atoms with Gasteiger partial charge in [0.2, 0.25) is 5.91 Å². The fourth-order valence-electron chi connectivity index (χ4n) is 3.13. The maximum Gasteiger partial charge on any atom is 0.268 e. The lowest BCUT2D eigenvalue weighted by Gasteiger charge is -2.32. The highest BCUT2D eigenvalue weighted by molar-refractivity contribution is 7.99. The number of amides is 2. The second-order valence-corrected chi connectivity index (χ2v) is 7.08. The van der Waals surface area contributed by atoms with Crippen LogP contribution in [-0.4, -0.2) is 41.2 Å². The Kier molecular flexibility index (Phi) is 4.10. The molecule has 2 aromatic carbocycles. The summed E-state index contributed by atoms with van der Waals surface area (Å²) >= 11 is 1.68. The fourth-order valence-corrected chi connectivity index (χ4v) is 4.23. The van der Waals surface area contributed by atoms with Crippen LogP contribution in [0.25, 0.3) is 0 Å². The van der Waals surface area contributed by atoms with Crippen LogP contribution in [0.1, 0.15) is 6.42 Å². The van der Waals surface area contributed by atoms with Gasteiger partial charge in [0, 0.05) is 9.79 Å². The van der Waals surface area contributed by atoms with Crippen LogP contribution in [0.15, 0.2) is 58.3 Å². The van der Waals surface area contributed by atoms with Crippen molar-refractivity contribution in [2.75, 3.05) is 18.0 Å². The van der Waals surface area contributed by atoms with E-state index in [4.69, 9.17) is 0 Å². The largest absolute Gasteiger partial charge is 0.343 e. The van der Waals surface area contributed by atoms with Crippen molar-refractivity contribution in [1.29, 1.82) is 0 Å². The Morgan fingerprint density at radius 2 is 1.72 bits per heavy atom. The minimum Gasteiger partial charge on any atom is -0.343 e. The van der Waals surface area contributed by atoms with Gasteiger partial charge >= 0.3 is 0 Å². The highest BCUT2D eigenvalue weighted by Crippen LogP contribution is 2.47. The van der Waals surface area contributed by atoms with Crippen LogP contribution >= 0.6 is 11.8 Å². The summed E-state index contributed by atoms with van der Waals surface area (Å²) in [6.07, 6.45) is 0.421. The maximum atomic E-state index is 12.5. The van der Waals surface area contributed by atoms with Crippen molar-refractivity contribution < 1.29 is 14.8 Å². The molecule has 0 spiro atoms. The van der Waals surface area contributed by atoms with E-state index in [9.17, 15) is 14.8 Å². The number of hydrogen-bond acceptors (Lipinski definition) is 5. The summed E-state index contributed by atoms with van der Waals surface area (Å²) in [5.41, 5.74) is 1.95. The van der Waals surface area contributed by atoms with Crippen LogP contribution in [0.5, 0.6) is 0 Å². The van der Waals surface area contributed by atoms with E-state index in [-0.39, 0.29) is 19.0 Å². The van der Waals surface area contributed by atoms with Crippen molar-refractivity contribution in [3.05, 3.63) is 48.5 Å². The molecule has 0 aliphatic carbocycles. The molecule has 0 radical (unpaired) electrons. The van der Waals surface area contributed by atoms with Crippen LogP contribution in [-0.2, 0) is 9.59 Å². The van der Waals surface area contributed by atoms with Gasteiger partial charge in [0.1, 0.15) is 12.6 Å². The fraction of sp³-hybridized carbons (Fsp3) is 0.222. The number of fused-ring (bicyclic) bond motifs is 2. The number of hydroxylamine groups is 2. The molecule has 0 bridgehead atoms. The molecule has 7 heteroatoms. The number of anilines is 2. The van der Waals surface area contributed by atoms with Gasteiger partial charge < -0.3 is 10.2 Å². The molecule has 1 saturated heterocycles. The van der Waals surface area contributed by atoms with Crippen molar-refractivity contribution in [3.63, 3.8) is 0 Å². The molecule has 128 valence electrons. The monoisotopic (exact) mass is 355 g/mol. The summed E-state index contributed by atoms with van der Waals surface area (Å²) in [7, 11) is 0. The Labute approximate surface area is 149 Å². The lowest BCUT2D eigenvalue weighted by molar-refractivity contribution is -0.159. The predicted molar refractivity (Wildman–Crippen MR) is 94.1 cm³/mol. The summed E-state index contributed by atoms with van der Waals surface area (Å²) in [6.45, 7) is 0.361. The average Bonchev–Trinajstić information content (AvgIpc) is 2.93. The molecule has 0 aromatic heterocycles. The summed E-state index contributed by atoms with van der Waals surface area (Å²) in [6, 6.07) is 15.2. The van der Waals surface area contributed by atoms with Gasteiger partial charge in [0.15, 0.2) is 0 Å². The normalized spacial score (nSPS) is 18.8. The molecule has 4 rings (SSSR count). The van der Waals surface area contributed by atoms with E-state index in [0.29, 0.717) is 11.5 Å². The van der Waals surface area contributed by atoms with E-state index < -0.39 is 11.9 Å². The molecule has 2 aromatic rings. The molecular weight excluding hydrogens is 338 g/mol. The summed E-state index contributed by atoms with van der Waals surface area (Å²) in [5.74, 6) is -0.700. The van der Waals surface area contributed by atoms with Crippen molar-refractivity contribution in [3.8, 4) is 0 Å². The van der Waals surface area contributed by atoms with Crippen LogP contribution in [0, 0.1) is 0 Å². The molecule has 2 N–H and O–H groups in total. The standard InChI is InChI=1S/C18H17N3O3S/c22-17(19-12-9-10-21(24)18(12)23)11-20-13-5-1-3-7-15(13)25-16-8-4-2-6-14(16)20/h1-8,12,24H,9-11H2,(H,19,22). The quantitative estimate of drug-likeness (QED) is 0.827. The number of nitrogens with zero attached hydrogens (tertiary/aromatic N) is 2. The first-order valence-electron chi connectivity index (χ1n) is 8.06. The Hall–Kier alpha value is -2.51. The molecule has 1 fully saturated rings. The Bertz CT molecular complexity index is 796. The number of rotatable bonds is 3. The van der Waals surface area contributed by atoms with Gasteiger partial charge in [-0.1, -0.05) is 36.0 Å². The topological polar surface area (TPSA) is 72.9 Å². The Balaban J connectivity index is 1.58. The molecule has 0 saturated carbocycles. The number of benzene rings is 2. The van der Waals surface area contributed by atoms with E-state index >= 15 is 0 Å². The van der Waals surface area contributed by atoms with E-state index in [0.717, 1.165) is 21.2 Å². The highest BCUT2D eigenvalue weighted by atomic mass is 32.2. The van der Waals surface area contributed by atoms with Crippen molar-refractivity contribution in [1.82, 2.24) is 10.4 Å². The van der Waals surface area contributed by atoms with Crippen LogP contribution in [0.4, 0.5) is 11.4 Å². The number of para-hydroxylation sites is 2. The lowest BCUT2D eigenvalue weighted by atomic mass is 10.2. The van der Waals surface area contributed by atoms with Gasteiger partial charge in [-0.15, -0.1) is 0 Å². The maximum absolute atomic E-state index is 12.5. The van der Waals surface area contributed by atoms with Crippen molar-refractivity contribution >= 4 is 35.0 Å². The minimum absolute atomic E-state index is 0.115. The molecule has 2 aliphatic rings. The first-order chi connectivity index (χ1) is 12.1. The third kappa shape index (κ3) is 2.96. The molecule has 2 heterocycles. The highest BCUT2D eigenvalue weighted by Gasteiger charge is 2.33. The van der Waals surface area contributed by atoms with Crippen molar-refractivity contribution in [2.45, 2.75) is 22.3 Å². The molecule has 2 amide bonds. The zero-order valence-corrected chi connectivity index (χ0v) is 14.2. The van der Waals surface area contributed by atoms with E-state index in [1.165, 1.54) is 0 Å². The number of hydrogen-bond donors (Lipinski definition) is 2. The molecule has 1 unspecified atom stereocenters. The zero-order valence-electron chi connectivity index (χ0n) is 13.4. The van der Waals surface area contributed by atoms with Gasteiger partial charge in [-0.3, -0.25) is 14.8 Å². The first-order valence-corrected chi connectivity index (χ1v) is 8.88. The average molecular weight is 355 g/mol. The third-order valence-electron chi connectivity index (χ3n) is 4.35. The zero-order chi connectivity index (χ0) is 17.4. The first kappa shape index (κ1) is 16.0. The Morgan fingerprint density at radius 1 is 1.12 bits per heavy atom. The van der Waals surface area contributed by atoms with E-state index in [1.807, 2.05) is 53.4 Å². The molecule has 25 heavy (non-hydrogen) atoms. The number of nitrogens with one attached hydrogen (secondary N) is 1. The van der Waals surface area contributed by atoms with Crippen molar-refractivity contribution in [2.24, 2.45) is 0 Å². The second kappa shape index (κ2) is 6.42. The summed E-state index contributed by atoms with van der Waals surface area (Å²) in [4.78, 5) is 28.4. The Morgan fingerprint density at radius 3 is 2.28 bits per heavy atom. The van der Waals surface area contributed by atoms with E-state index in [2.05, 4.69) is 5.32 Å². The molecule has 1 atom stereocenters. The van der Waals surface area contributed by atoms with Gasteiger partial charge in [-0.2, -0.15) is 0 Å². The summed E-state index contributed by atoms with van der Waals surface area (Å²) < 4.78 is 0. The van der Waals surface area contributed by atoms with Crippen LogP contribution in [0.3, 0.4) is 0 Å². The molecule has 2 aliphatic heterocycles. The SMILES string of the molecule is O=C(CN1c2ccccc2Sc2ccccc21)NC1CCN(O)C1=O. The van der Waals surface area contributed by atoms with Gasteiger partial charge in [0.05, 0.1) is 17.9 Å². The van der Waals surface area contributed by atoms with Gasteiger partial charge in [-0.25, -0.2) is 5.06 Å². The number of carbonyl (C=O) groups excluding carboxylic acids is 2. The van der Waals surface area contributed by atoms with Gasteiger partial charge in [0.25, 0.3) is 5.91 Å². The van der Waals surface area contributed by atoms with Crippen LogP contribution in [0.2, 0.25) is 0 Å². The summed E-state index contributed by atoms with van der Waals surface area (Å²) in [5, 5.41) is 12.8. The van der Waals surface area contributed by atoms with Gasteiger partial charge in [-0.05, 0) is 30.7 Å². The predicted octanol–water partition coefficient (Wildman–Crippen LogP) is 2.40. The lowest BCUT2D eigenvalue weighted by Crippen LogP contribution is -2.44. The minimum atomic E-state index is -0.651. The number of carbonyl (C=O) groups is 2. The molecular formula is C18H17N3O3S. The molecule has 6 nitrogen and oxygen atoms in total. The van der Waals surface area contributed by atoms with Crippen LogP contribution < -0.4 is 10.2 Å². The smallest absolute Gasteiger partial charge is 0.268 e. The second-order valence-electron chi connectivity index (χ2n) is 5.99. The third-order valence-corrected chi connectivity index (χ3v) is 5.48.